The standard InChI is InChI=1S/C11H15N3O5/c1-2-3-7(10(16)17)13-11(18)14-4-5-19-6-8(14)9(12)15/h1,7-8H,3-6H2,(H2,12,15)(H,13,18)(H,16,17). The van der Waals surface area contributed by atoms with Crippen LogP contribution >= 0.6 is 0 Å². The Morgan fingerprint density at radius 1 is 1.58 bits per heavy atom. The molecule has 2 atom stereocenters. The van der Waals surface area contributed by atoms with Gasteiger partial charge < -0.3 is 25.8 Å². The minimum absolute atomic E-state index is 0.00434. The predicted octanol–water partition coefficient (Wildman–Crippen LogP) is -1.64. The lowest BCUT2D eigenvalue weighted by atomic mass is 10.2. The number of aliphatic carboxylic acids is 1. The average Bonchev–Trinajstić information content (AvgIpc) is 2.37. The zero-order valence-electron chi connectivity index (χ0n) is 10.2. The third kappa shape index (κ3) is 3.86. The van der Waals surface area contributed by atoms with Crippen molar-refractivity contribution >= 4 is 17.9 Å². The summed E-state index contributed by atoms with van der Waals surface area (Å²) in [6, 6.07) is -2.81. The molecule has 1 aliphatic heterocycles. The van der Waals surface area contributed by atoms with E-state index >= 15 is 0 Å². The summed E-state index contributed by atoms with van der Waals surface area (Å²) < 4.78 is 5.05. The van der Waals surface area contributed by atoms with Gasteiger partial charge in [-0.2, -0.15) is 0 Å². The second-order valence-corrected chi connectivity index (χ2v) is 3.94. The van der Waals surface area contributed by atoms with Crippen LogP contribution in [0.15, 0.2) is 0 Å². The molecule has 0 aromatic rings. The monoisotopic (exact) mass is 269 g/mol. The molecule has 0 bridgehead atoms. The molecule has 19 heavy (non-hydrogen) atoms. The first kappa shape index (κ1) is 14.8. The van der Waals surface area contributed by atoms with Crippen LogP contribution in [0.3, 0.4) is 0 Å². The third-order valence-corrected chi connectivity index (χ3v) is 2.64. The minimum atomic E-state index is -1.24. The van der Waals surface area contributed by atoms with Crippen molar-refractivity contribution in [2.24, 2.45) is 5.73 Å². The number of ether oxygens (including phenoxy) is 1. The van der Waals surface area contributed by atoms with E-state index < -0.39 is 30.0 Å². The van der Waals surface area contributed by atoms with Gasteiger partial charge in [-0.25, -0.2) is 9.59 Å². The first-order chi connectivity index (χ1) is 8.97. The summed E-state index contributed by atoms with van der Waals surface area (Å²) in [4.78, 5) is 35.1. The van der Waals surface area contributed by atoms with Gasteiger partial charge in [-0.05, 0) is 0 Å². The summed E-state index contributed by atoms with van der Waals surface area (Å²) in [5, 5.41) is 11.1. The van der Waals surface area contributed by atoms with Crippen LogP contribution in [0.2, 0.25) is 0 Å². The van der Waals surface area contributed by atoms with Crippen molar-refractivity contribution in [2.45, 2.75) is 18.5 Å². The zero-order valence-corrected chi connectivity index (χ0v) is 10.2. The molecule has 4 N–H and O–H groups in total. The first-order valence-corrected chi connectivity index (χ1v) is 5.57. The van der Waals surface area contributed by atoms with Crippen LogP contribution in [-0.2, 0) is 14.3 Å². The van der Waals surface area contributed by atoms with E-state index in [1.165, 1.54) is 0 Å². The van der Waals surface area contributed by atoms with E-state index in [1.54, 1.807) is 0 Å². The number of terminal acetylenes is 1. The number of carboxylic acids is 1. The molecule has 1 saturated heterocycles. The highest BCUT2D eigenvalue weighted by Gasteiger charge is 2.33. The Bertz CT molecular complexity index is 417. The molecular formula is C11H15N3O5. The van der Waals surface area contributed by atoms with Crippen molar-refractivity contribution < 1.29 is 24.2 Å². The van der Waals surface area contributed by atoms with Gasteiger partial charge in [0.2, 0.25) is 5.91 Å². The lowest BCUT2D eigenvalue weighted by Crippen LogP contribution is -2.59. The number of nitrogens with two attached hydrogens (primary N) is 1. The van der Waals surface area contributed by atoms with Crippen LogP contribution in [0, 0.1) is 12.3 Å². The fraction of sp³-hybridized carbons (Fsp3) is 0.545. The molecule has 8 heteroatoms. The van der Waals surface area contributed by atoms with E-state index in [4.69, 9.17) is 22.0 Å². The summed E-state index contributed by atoms with van der Waals surface area (Å²) >= 11 is 0. The van der Waals surface area contributed by atoms with Crippen molar-refractivity contribution in [3.05, 3.63) is 0 Å². The normalized spacial score (nSPS) is 20.2. The number of primary amides is 1. The maximum absolute atomic E-state index is 11.9. The van der Waals surface area contributed by atoms with E-state index in [0.717, 1.165) is 4.90 Å². The van der Waals surface area contributed by atoms with Crippen LogP contribution < -0.4 is 11.1 Å². The number of hydrogen-bond donors (Lipinski definition) is 3. The molecule has 104 valence electrons. The van der Waals surface area contributed by atoms with Crippen molar-refractivity contribution in [3.63, 3.8) is 0 Å². The Kier molecular flexibility index (Phi) is 5.14. The van der Waals surface area contributed by atoms with Crippen LogP contribution in [0.25, 0.3) is 0 Å². The number of carbonyl (C=O) groups is 3. The van der Waals surface area contributed by atoms with Gasteiger partial charge in [0.1, 0.15) is 12.1 Å². The van der Waals surface area contributed by atoms with Gasteiger partial charge >= 0.3 is 12.0 Å². The van der Waals surface area contributed by atoms with Gasteiger partial charge in [-0.3, -0.25) is 4.79 Å². The second kappa shape index (κ2) is 6.61. The van der Waals surface area contributed by atoms with Crippen molar-refractivity contribution in [2.75, 3.05) is 19.8 Å². The predicted molar refractivity (Wildman–Crippen MR) is 63.9 cm³/mol. The highest BCUT2D eigenvalue weighted by atomic mass is 16.5. The summed E-state index contributed by atoms with van der Waals surface area (Å²) in [5.74, 6) is 0.211. The lowest BCUT2D eigenvalue weighted by molar-refractivity contribution is -0.139. The molecule has 1 rings (SSSR count). The first-order valence-electron chi connectivity index (χ1n) is 5.57. The third-order valence-electron chi connectivity index (χ3n) is 2.64. The van der Waals surface area contributed by atoms with Gasteiger partial charge in [0.05, 0.1) is 13.2 Å². The molecule has 0 aromatic heterocycles. The molecule has 1 fully saturated rings. The summed E-state index contributed by atoms with van der Waals surface area (Å²) in [5.41, 5.74) is 5.16. The smallest absolute Gasteiger partial charge is 0.327 e. The molecule has 0 aliphatic carbocycles. The number of morpholine rings is 1. The van der Waals surface area contributed by atoms with Crippen LogP contribution in [0.4, 0.5) is 4.79 Å². The molecule has 0 radical (unpaired) electrons. The number of hydrogen-bond acceptors (Lipinski definition) is 4. The topological polar surface area (TPSA) is 122 Å². The molecule has 0 aromatic carbocycles. The van der Waals surface area contributed by atoms with Gasteiger partial charge in [0, 0.05) is 13.0 Å². The number of rotatable bonds is 4. The van der Waals surface area contributed by atoms with Crippen LogP contribution in [0.5, 0.6) is 0 Å². The Balaban J connectivity index is 2.72. The molecule has 1 aliphatic rings. The van der Waals surface area contributed by atoms with Crippen molar-refractivity contribution in [1.82, 2.24) is 10.2 Å². The van der Waals surface area contributed by atoms with Gasteiger partial charge in [0.15, 0.2) is 0 Å². The summed E-state index contributed by atoms with van der Waals surface area (Å²) in [6.07, 6.45) is 4.88. The van der Waals surface area contributed by atoms with E-state index in [2.05, 4.69) is 11.2 Å². The molecular weight excluding hydrogens is 254 g/mol. The molecule has 1 heterocycles. The van der Waals surface area contributed by atoms with E-state index in [9.17, 15) is 14.4 Å². The fourth-order valence-corrected chi connectivity index (χ4v) is 1.63. The van der Waals surface area contributed by atoms with E-state index in [-0.39, 0.29) is 26.2 Å². The van der Waals surface area contributed by atoms with Gasteiger partial charge in [-0.15, -0.1) is 12.3 Å². The Labute approximate surface area is 109 Å². The quantitative estimate of drug-likeness (QED) is 0.528. The van der Waals surface area contributed by atoms with E-state index in [1.807, 2.05) is 0 Å². The highest BCUT2D eigenvalue weighted by Crippen LogP contribution is 2.07. The summed E-state index contributed by atoms with van der Waals surface area (Å²) in [7, 11) is 0. The van der Waals surface area contributed by atoms with Crippen LogP contribution in [-0.4, -0.2) is 59.8 Å². The van der Waals surface area contributed by atoms with Crippen molar-refractivity contribution in [3.8, 4) is 12.3 Å². The number of amides is 3. The largest absolute Gasteiger partial charge is 0.480 e. The number of nitrogens with zero attached hydrogens (tertiary/aromatic N) is 1. The maximum Gasteiger partial charge on any atom is 0.327 e. The van der Waals surface area contributed by atoms with Gasteiger partial charge in [-0.1, -0.05) is 0 Å². The average molecular weight is 269 g/mol. The number of nitrogens with one attached hydrogen (secondary N) is 1. The van der Waals surface area contributed by atoms with Crippen molar-refractivity contribution in [1.29, 1.82) is 0 Å². The molecule has 2 unspecified atom stereocenters. The number of urea groups is 1. The van der Waals surface area contributed by atoms with E-state index in [0.29, 0.717) is 0 Å². The molecule has 8 nitrogen and oxygen atoms in total. The maximum atomic E-state index is 11.9. The second-order valence-electron chi connectivity index (χ2n) is 3.94. The Morgan fingerprint density at radius 3 is 2.79 bits per heavy atom. The van der Waals surface area contributed by atoms with Gasteiger partial charge in [0.25, 0.3) is 0 Å². The highest BCUT2D eigenvalue weighted by molar-refractivity contribution is 5.88. The Morgan fingerprint density at radius 2 is 2.26 bits per heavy atom. The zero-order chi connectivity index (χ0) is 14.4. The summed E-state index contributed by atoms with van der Waals surface area (Å²) in [6.45, 7) is 0.404. The SMILES string of the molecule is C#CCC(NC(=O)N1CCOCC1C(N)=O)C(=O)O. The van der Waals surface area contributed by atoms with Crippen LogP contribution in [0.1, 0.15) is 6.42 Å². The lowest BCUT2D eigenvalue weighted by Gasteiger charge is -2.34. The fourth-order valence-electron chi connectivity index (χ4n) is 1.63. The number of carboxylic acid groups (broad SMARTS) is 1. The molecule has 0 saturated carbocycles. The number of carbonyl (C=O) groups excluding carboxylic acids is 2. The molecule has 3 amide bonds. The molecule has 0 spiro atoms. The minimum Gasteiger partial charge on any atom is -0.480 e. The Hall–Kier alpha value is -2.27.